The Labute approximate surface area is 149 Å². The number of aliphatic imine (C=N–C) groups is 1. The summed E-state index contributed by atoms with van der Waals surface area (Å²) in [4.78, 5) is 19.6. The van der Waals surface area contributed by atoms with Gasteiger partial charge in [-0.3, -0.25) is 4.79 Å². The monoisotopic (exact) mass is 352 g/mol. The molecular formula is C18H29FN4O2. The molecule has 0 aliphatic heterocycles. The van der Waals surface area contributed by atoms with Crippen LogP contribution in [0.4, 0.5) is 4.39 Å². The number of halogens is 1. The third-order valence-electron chi connectivity index (χ3n) is 3.40. The SMILES string of the molecule is CC(C)CNC(=NCC(=O)N(C)C)N(C)CCOc1ccc(F)cc1. The molecule has 0 radical (unpaired) electrons. The number of hydrogen-bond donors (Lipinski definition) is 1. The van der Waals surface area contributed by atoms with Gasteiger partial charge in [-0.25, -0.2) is 9.38 Å². The lowest BCUT2D eigenvalue weighted by molar-refractivity contribution is -0.127. The smallest absolute Gasteiger partial charge is 0.243 e. The van der Waals surface area contributed by atoms with Crippen LogP contribution in [0.25, 0.3) is 0 Å². The van der Waals surface area contributed by atoms with Crippen LogP contribution in [0.2, 0.25) is 0 Å². The number of benzene rings is 1. The van der Waals surface area contributed by atoms with E-state index in [1.807, 2.05) is 11.9 Å². The number of hydrogen-bond acceptors (Lipinski definition) is 3. The second kappa shape index (κ2) is 10.5. The Balaban J connectivity index is 2.57. The van der Waals surface area contributed by atoms with E-state index in [9.17, 15) is 9.18 Å². The van der Waals surface area contributed by atoms with Crippen molar-refractivity contribution in [3.8, 4) is 5.75 Å². The summed E-state index contributed by atoms with van der Waals surface area (Å²) < 4.78 is 18.5. The van der Waals surface area contributed by atoms with Gasteiger partial charge in [-0.2, -0.15) is 0 Å². The highest BCUT2D eigenvalue weighted by molar-refractivity contribution is 5.84. The molecule has 0 aromatic heterocycles. The van der Waals surface area contributed by atoms with Crippen molar-refractivity contribution in [2.75, 3.05) is 47.4 Å². The fourth-order valence-corrected chi connectivity index (χ4v) is 1.83. The van der Waals surface area contributed by atoms with E-state index < -0.39 is 0 Å². The van der Waals surface area contributed by atoms with Gasteiger partial charge in [0.15, 0.2) is 5.96 Å². The highest BCUT2D eigenvalue weighted by Crippen LogP contribution is 2.10. The van der Waals surface area contributed by atoms with Gasteiger partial charge >= 0.3 is 0 Å². The third-order valence-corrected chi connectivity index (χ3v) is 3.40. The molecule has 0 aliphatic rings. The quantitative estimate of drug-likeness (QED) is 0.573. The van der Waals surface area contributed by atoms with E-state index in [1.165, 1.54) is 17.0 Å². The number of rotatable bonds is 8. The van der Waals surface area contributed by atoms with Gasteiger partial charge in [0.2, 0.25) is 5.91 Å². The summed E-state index contributed by atoms with van der Waals surface area (Å²) in [7, 11) is 5.30. The average Bonchev–Trinajstić information content (AvgIpc) is 2.55. The molecule has 0 unspecified atom stereocenters. The molecule has 6 nitrogen and oxygen atoms in total. The number of likely N-dealkylation sites (N-methyl/N-ethyl adjacent to an activating group) is 2. The third kappa shape index (κ3) is 8.37. The van der Waals surface area contributed by atoms with Crippen LogP contribution in [-0.4, -0.2) is 69.1 Å². The van der Waals surface area contributed by atoms with Gasteiger partial charge in [-0.15, -0.1) is 0 Å². The molecule has 1 aromatic carbocycles. The van der Waals surface area contributed by atoms with E-state index in [4.69, 9.17) is 4.74 Å². The predicted octanol–water partition coefficient (Wildman–Crippen LogP) is 1.83. The Bertz CT molecular complexity index is 559. The van der Waals surface area contributed by atoms with Gasteiger partial charge in [0, 0.05) is 27.7 Å². The molecule has 0 aliphatic carbocycles. The second-order valence-electron chi connectivity index (χ2n) is 6.43. The lowest BCUT2D eigenvalue weighted by Crippen LogP contribution is -2.43. The summed E-state index contributed by atoms with van der Waals surface area (Å²) in [6.07, 6.45) is 0. The molecule has 25 heavy (non-hydrogen) atoms. The summed E-state index contributed by atoms with van der Waals surface area (Å²) >= 11 is 0. The highest BCUT2D eigenvalue weighted by Gasteiger charge is 2.10. The summed E-state index contributed by atoms with van der Waals surface area (Å²) in [5.74, 6) is 1.39. The molecule has 7 heteroatoms. The number of carbonyl (C=O) groups is 1. The Morgan fingerprint density at radius 2 is 1.88 bits per heavy atom. The zero-order valence-electron chi connectivity index (χ0n) is 15.8. The Morgan fingerprint density at radius 1 is 1.24 bits per heavy atom. The minimum atomic E-state index is -0.290. The first kappa shape index (κ1) is 20.7. The maximum atomic E-state index is 12.9. The van der Waals surface area contributed by atoms with Gasteiger partial charge in [-0.1, -0.05) is 13.8 Å². The van der Waals surface area contributed by atoms with E-state index in [-0.39, 0.29) is 18.3 Å². The van der Waals surface area contributed by atoms with E-state index in [0.29, 0.717) is 30.8 Å². The van der Waals surface area contributed by atoms with Gasteiger partial charge in [0.1, 0.15) is 24.7 Å². The van der Waals surface area contributed by atoms with Crippen molar-refractivity contribution in [1.29, 1.82) is 0 Å². The molecule has 0 fully saturated rings. The van der Waals surface area contributed by atoms with E-state index >= 15 is 0 Å². The van der Waals surface area contributed by atoms with E-state index in [0.717, 1.165) is 6.54 Å². The Kier molecular flexibility index (Phi) is 8.74. The minimum Gasteiger partial charge on any atom is -0.492 e. The predicted molar refractivity (Wildman–Crippen MR) is 98.4 cm³/mol. The molecular weight excluding hydrogens is 323 g/mol. The summed E-state index contributed by atoms with van der Waals surface area (Å²) in [5, 5.41) is 3.27. The van der Waals surface area contributed by atoms with E-state index in [2.05, 4.69) is 24.2 Å². The van der Waals surface area contributed by atoms with Crippen LogP contribution < -0.4 is 10.1 Å². The number of nitrogens with zero attached hydrogens (tertiary/aromatic N) is 3. The van der Waals surface area contributed by atoms with Crippen LogP contribution in [0, 0.1) is 11.7 Å². The molecule has 0 bridgehead atoms. The number of nitrogens with one attached hydrogen (secondary N) is 1. The van der Waals surface area contributed by atoms with Crippen molar-refractivity contribution in [3.05, 3.63) is 30.1 Å². The normalized spacial score (nSPS) is 11.4. The fraction of sp³-hybridized carbons (Fsp3) is 0.556. The van der Waals surface area contributed by atoms with E-state index in [1.54, 1.807) is 26.2 Å². The average molecular weight is 352 g/mol. The zero-order chi connectivity index (χ0) is 18.8. The zero-order valence-corrected chi connectivity index (χ0v) is 15.8. The molecule has 0 spiro atoms. The molecule has 1 aromatic rings. The Morgan fingerprint density at radius 3 is 2.44 bits per heavy atom. The fourth-order valence-electron chi connectivity index (χ4n) is 1.83. The lowest BCUT2D eigenvalue weighted by Gasteiger charge is -2.23. The van der Waals surface area contributed by atoms with Crippen molar-refractivity contribution in [2.45, 2.75) is 13.8 Å². The maximum absolute atomic E-state index is 12.9. The maximum Gasteiger partial charge on any atom is 0.243 e. The van der Waals surface area contributed by atoms with Crippen molar-refractivity contribution in [2.24, 2.45) is 10.9 Å². The van der Waals surface area contributed by atoms with Crippen LogP contribution in [0.1, 0.15) is 13.8 Å². The number of guanidine groups is 1. The van der Waals surface area contributed by atoms with Crippen LogP contribution in [-0.2, 0) is 4.79 Å². The standard InChI is InChI=1S/C18H29FN4O2/c1-14(2)12-20-18(21-13-17(24)22(3)4)23(5)10-11-25-16-8-6-15(19)7-9-16/h6-9,14H,10-13H2,1-5H3,(H,20,21). The highest BCUT2D eigenvalue weighted by atomic mass is 19.1. The summed E-state index contributed by atoms with van der Waals surface area (Å²) in [6, 6.07) is 5.92. The van der Waals surface area contributed by atoms with Gasteiger partial charge in [0.05, 0.1) is 6.54 Å². The molecule has 1 rings (SSSR count). The topological polar surface area (TPSA) is 57.2 Å². The van der Waals surface area contributed by atoms with Gasteiger partial charge in [0.25, 0.3) is 0 Å². The molecule has 1 amide bonds. The Hall–Kier alpha value is -2.31. The first-order chi connectivity index (χ1) is 11.8. The molecule has 140 valence electrons. The summed E-state index contributed by atoms with van der Waals surface area (Å²) in [6.45, 7) is 6.07. The van der Waals surface area contributed by atoms with Crippen LogP contribution in [0.3, 0.4) is 0 Å². The number of ether oxygens (including phenoxy) is 1. The van der Waals surface area contributed by atoms with Crippen LogP contribution >= 0.6 is 0 Å². The van der Waals surface area contributed by atoms with Crippen molar-refractivity contribution in [1.82, 2.24) is 15.1 Å². The summed E-state index contributed by atoms with van der Waals surface area (Å²) in [5.41, 5.74) is 0. The van der Waals surface area contributed by atoms with Crippen molar-refractivity contribution in [3.63, 3.8) is 0 Å². The molecule has 1 N–H and O–H groups in total. The lowest BCUT2D eigenvalue weighted by atomic mass is 10.2. The van der Waals surface area contributed by atoms with Crippen molar-refractivity contribution >= 4 is 11.9 Å². The minimum absolute atomic E-state index is 0.0557. The van der Waals surface area contributed by atoms with Crippen LogP contribution in [0.15, 0.2) is 29.3 Å². The van der Waals surface area contributed by atoms with Gasteiger partial charge < -0.3 is 19.9 Å². The largest absolute Gasteiger partial charge is 0.492 e. The number of amides is 1. The second-order valence-corrected chi connectivity index (χ2v) is 6.43. The van der Waals surface area contributed by atoms with Crippen molar-refractivity contribution < 1.29 is 13.9 Å². The van der Waals surface area contributed by atoms with Crippen LogP contribution in [0.5, 0.6) is 5.75 Å². The van der Waals surface area contributed by atoms with Gasteiger partial charge in [-0.05, 0) is 30.2 Å². The molecule has 0 heterocycles. The molecule has 0 saturated carbocycles. The molecule has 0 atom stereocenters. The first-order valence-corrected chi connectivity index (χ1v) is 8.37. The first-order valence-electron chi connectivity index (χ1n) is 8.37. The molecule has 0 saturated heterocycles. The number of carbonyl (C=O) groups excluding carboxylic acids is 1.